The van der Waals surface area contributed by atoms with E-state index in [4.69, 9.17) is 0 Å². The van der Waals surface area contributed by atoms with Crippen LogP contribution in [0.25, 0.3) is 10.9 Å². The van der Waals surface area contributed by atoms with Gasteiger partial charge in [-0.3, -0.25) is 4.79 Å². The van der Waals surface area contributed by atoms with Crippen LogP contribution in [0.3, 0.4) is 0 Å². The van der Waals surface area contributed by atoms with Crippen LogP contribution >= 0.6 is 0 Å². The number of hydrogen-bond acceptors (Lipinski definition) is 1. The number of aryl methyl sites for hydroxylation is 2. The Morgan fingerprint density at radius 2 is 2.00 bits per heavy atom. The van der Waals surface area contributed by atoms with Gasteiger partial charge in [-0.1, -0.05) is 6.42 Å². The standard InChI is InChI=1S/C18H21F3N2O/c1-10-11(2)22-16-7-6-12(8-15(10)16)17(24)23-14-5-3-4-13(9-14)18(19,20)21/h6-8,13-14,22H,3-5,9H2,1-2H3,(H,23,24). The highest BCUT2D eigenvalue weighted by Crippen LogP contribution is 2.37. The summed E-state index contributed by atoms with van der Waals surface area (Å²) in [5.41, 5.74) is 3.56. The van der Waals surface area contributed by atoms with E-state index in [1.54, 1.807) is 12.1 Å². The van der Waals surface area contributed by atoms with Crippen LogP contribution < -0.4 is 5.32 Å². The van der Waals surface area contributed by atoms with Crippen molar-refractivity contribution in [1.29, 1.82) is 0 Å². The summed E-state index contributed by atoms with van der Waals surface area (Å²) in [6.07, 6.45) is -2.96. The molecule has 0 saturated heterocycles. The van der Waals surface area contributed by atoms with Crippen LogP contribution in [0.5, 0.6) is 0 Å². The van der Waals surface area contributed by atoms with Gasteiger partial charge in [0.2, 0.25) is 0 Å². The van der Waals surface area contributed by atoms with Crippen LogP contribution in [0.2, 0.25) is 0 Å². The molecule has 3 rings (SSSR count). The highest BCUT2D eigenvalue weighted by Gasteiger charge is 2.42. The lowest BCUT2D eigenvalue weighted by Gasteiger charge is -2.31. The first-order valence-corrected chi connectivity index (χ1v) is 8.22. The molecule has 1 aliphatic rings. The topological polar surface area (TPSA) is 44.9 Å². The van der Waals surface area contributed by atoms with Gasteiger partial charge in [-0.2, -0.15) is 13.2 Å². The SMILES string of the molecule is Cc1[nH]c2ccc(C(=O)NC3CCCC(C(F)(F)F)C3)cc2c1C. The number of carbonyl (C=O) groups excluding carboxylic acids is 1. The molecule has 0 aliphatic heterocycles. The Labute approximate surface area is 138 Å². The maximum Gasteiger partial charge on any atom is 0.391 e. The van der Waals surface area contributed by atoms with E-state index in [1.165, 1.54) is 0 Å². The Morgan fingerprint density at radius 1 is 1.25 bits per heavy atom. The average molecular weight is 338 g/mol. The molecular formula is C18H21F3N2O. The van der Waals surface area contributed by atoms with Crippen molar-refractivity contribution in [2.24, 2.45) is 5.92 Å². The van der Waals surface area contributed by atoms with Gasteiger partial charge in [0.25, 0.3) is 5.91 Å². The lowest BCUT2D eigenvalue weighted by molar-refractivity contribution is -0.183. The minimum Gasteiger partial charge on any atom is -0.358 e. The molecule has 0 spiro atoms. The average Bonchev–Trinajstić information content (AvgIpc) is 2.81. The molecule has 24 heavy (non-hydrogen) atoms. The Bertz CT molecular complexity index is 763. The van der Waals surface area contributed by atoms with Crippen LogP contribution in [0.15, 0.2) is 18.2 Å². The van der Waals surface area contributed by atoms with Gasteiger partial charge in [-0.05, 0) is 56.9 Å². The number of amides is 1. The molecule has 1 aromatic heterocycles. The number of halogens is 3. The number of benzene rings is 1. The van der Waals surface area contributed by atoms with Gasteiger partial charge in [-0.15, -0.1) is 0 Å². The fourth-order valence-corrected chi connectivity index (χ4v) is 3.49. The number of rotatable bonds is 2. The molecule has 2 unspecified atom stereocenters. The molecule has 3 nitrogen and oxygen atoms in total. The number of fused-ring (bicyclic) bond motifs is 1. The van der Waals surface area contributed by atoms with E-state index in [0.717, 1.165) is 22.2 Å². The van der Waals surface area contributed by atoms with Crippen molar-refractivity contribution in [2.75, 3.05) is 0 Å². The molecule has 2 atom stereocenters. The minimum absolute atomic E-state index is 0.0280. The fourth-order valence-electron chi connectivity index (χ4n) is 3.49. The predicted molar refractivity (Wildman–Crippen MR) is 87.0 cm³/mol. The maximum absolute atomic E-state index is 12.9. The molecule has 0 bridgehead atoms. The third-order valence-corrected chi connectivity index (χ3v) is 5.04. The van der Waals surface area contributed by atoms with Crippen molar-refractivity contribution in [3.05, 3.63) is 35.0 Å². The molecular weight excluding hydrogens is 317 g/mol. The largest absolute Gasteiger partial charge is 0.391 e. The summed E-state index contributed by atoms with van der Waals surface area (Å²) in [4.78, 5) is 15.7. The third-order valence-electron chi connectivity index (χ3n) is 5.04. The minimum atomic E-state index is -4.18. The molecule has 1 fully saturated rings. The Kier molecular flexibility index (Phi) is 4.32. The van der Waals surface area contributed by atoms with Gasteiger partial charge in [0.15, 0.2) is 0 Å². The van der Waals surface area contributed by atoms with Crippen LogP contribution in [-0.4, -0.2) is 23.1 Å². The van der Waals surface area contributed by atoms with Crippen molar-refractivity contribution in [1.82, 2.24) is 10.3 Å². The van der Waals surface area contributed by atoms with E-state index in [9.17, 15) is 18.0 Å². The van der Waals surface area contributed by atoms with Gasteiger partial charge < -0.3 is 10.3 Å². The molecule has 1 saturated carbocycles. The summed E-state index contributed by atoms with van der Waals surface area (Å²) >= 11 is 0. The summed E-state index contributed by atoms with van der Waals surface area (Å²) in [5, 5.41) is 3.75. The van der Waals surface area contributed by atoms with Crippen LogP contribution in [0, 0.1) is 19.8 Å². The van der Waals surface area contributed by atoms with Gasteiger partial charge in [0.1, 0.15) is 0 Å². The monoisotopic (exact) mass is 338 g/mol. The Morgan fingerprint density at radius 3 is 2.71 bits per heavy atom. The first-order chi connectivity index (χ1) is 11.3. The van der Waals surface area contributed by atoms with Gasteiger partial charge in [-0.25, -0.2) is 0 Å². The molecule has 130 valence electrons. The molecule has 1 aromatic carbocycles. The second-order valence-electron chi connectivity index (χ2n) is 6.71. The van der Waals surface area contributed by atoms with Crippen molar-refractivity contribution < 1.29 is 18.0 Å². The van der Waals surface area contributed by atoms with Gasteiger partial charge in [0.05, 0.1) is 5.92 Å². The van der Waals surface area contributed by atoms with Gasteiger partial charge >= 0.3 is 6.18 Å². The number of carbonyl (C=O) groups is 1. The van der Waals surface area contributed by atoms with E-state index in [0.29, 0.717) is 18.4 Å². The molecule has 1 heterocycles. The van der Waals surface area contributed by atoms with Crippen molar-refractivity contribution in [3.63, 3.8) is 0 Å². The van der Waals surface area contributed by atoms with Crippen LogP contribution in [0.4, 0.5) is 13.2 Å². The predicted octanol–water partition coefficient (Wildman–Crippen LogP) is 4.64. The Balaban J connectivity index is 1.74. The third kappa shape index (κ3) is 3.28. The quantitative estimate of drug-likeness (QED) is 0.823. The maximum atomic E-state index is 12.9. The van der Waals surface area contributed by atoms with E-state index >= 15 is 0 Å². The smallest absolute Gasteiger partial charge is 0.358 e. The number of alkyl halides is 3. The lowest BCUT2D eigenvalue weighted by atomic mass is 9.85. The Hall–Kier alpha value is -1.98. The summed E-state index contributed by atoms with van der Waals surface area (Å²) in [6.45, 7) is 3.94. The summed E-state index contributed by atoms with van der Waals surface area (Å²) < 4.78 is 38.6. The molecule has 0 radical (unpaired) electrons. The first kappa shape index (κ1) is 16.9. The molecule has 1 amide bonds. The number of hydrogen-bond donors (Lipinski definition) is 2. The van der Waals surface area contributed by atoms with Crippen LogP contribution in [-0.2, 0) is 0 Å². The lowest BCUT2D eigenvalue weighted by Crippen LogP contribution is -2.41. The highest BCUT2D eigenvalue weighted by molar-refractivity contribution is 5.99. The molecule has 1 aliphatic carbocycles. The van der Waals surface area contributed by atoms with E-state index in [-0.39, 0.29) is 18.7 Å². The van der Waals surface area contributed by atoms with E-state index in [2.05, 4.69) is 10.3 Å². The second kappa shape index (κ2) is 6.15. The van der Waals surface area contributed by atoms with E-state index < -0.39 is 18.1 Å². The molecule has 2 N–H and O–H groups in total. The zero-order valence-electron chi connectivity index (χ0n) is 13.8. The normalized spacial score (nSPS) is 21.9. The van der Waals surface area contributed by atoms with Crippen molar-refractivity contribution in [2.45, 2.75) is 51.7 Å². The van der Waals surface area contributed by atoms with Crippen molar-refractivity contribution in [3.8, 4) is 0 Å². The number of H-pyrrole nitrogens is 1. The summed E-state index contributed by atoms with van der Waals surface area (Å²) in [7, 11) is 0. The van der Waals surface area contributed by atoms with E-state index in [1.807, 2.05) is 19.9 Å². The van der Waals surface area contributed by atoms with Gasteiger partial charge in [0, 0.05) is 28.2 Å². The molecule has 2 aromatic rings. The number of aromatic amines is 1. The second-order valence-corrected chi connectivity index (χ2v) is 6.71. The summed E-state index contributed by atoms with van der Waals surface area (Å²) in [6, 6.07) is 4.93. The zero-order chi connectivity index (χ0) is 17.5. The fraction of sp³-hybridized carbons (Fsp3) is 0.500. The highest BCUT2D eigenvalue weighted by atomic mass is 19.4. The first-order valence-electron chi connectivity index (χ1n) is 8.22. The zero-order valence-corrected chi connectivity index (χ0v) is 13.8. The molecule has 6 heteroatoms. The number of aromatic nitrogens is 1. The van der Waals surface area contributed by atoms with Crippen LogP contribution in [0.1, 0.15) is 47.3 Å². The van der Waals surface area contributed by atoms with Crippen molar-refractivity contribution >= 4 is 16.8 Å². The number of nitrogens with one attached hydrogen (secondary N) is 2. The summed E-state index contributed by atoms with van der Waals surface area (Å²) in [5.74, 6) is -1.61.